The van der Waals surface area contributed by atoms with Crippen LogP contribution in [0.3, 0.4) is 0 Å². The molecule has 1 aromatic carbocycles. The molecule has 1 aliphatic rings. The van der Waals surface area contributed by atoms with Gasteiger partial charge in [-0.15, -0.1) is 0 Å². The SMILES string of the molecule is CCCN(CC(=O)Nc1ccc(F)c(F)c1F)c1cc(Cl)nc(C2CC2)n1. The lowest BCUT2D eigenvalue weighted by Gasteiger charge is -2.23. The van der Waals surface area contributed by atoms with Gasteiger partial charge < -0.3 is 10.2 Å². The van der Waals surface area contributed by atoms with E-state index in [9.17, 15) is 18.0 Å². The van der Waals surface area contributed by atoms with Crippen molar-refractivity contribution in [2.75, 3.05) is 23.3 Å². The molecule has 5 nitrogen and oxygen atoms in total. The van der Waals surface area contributed by atoms with E-state index in [1.165, 1.54) is 0 Å². The van der Waals surface area contributed by atoms with E-state index < -0.39 is 29.0 Å². The van der Waals surface area contributed by atoms with E-state index in [1.807, 2.05) is 6.92 Å². The summed E-state index contributed by atoms with van der Waals surface area (Å²) in [4.78, 5) is 22.7. The zero-order chi connectivity index (χ0) is 19.6. The quantitative estimate of drug-likeness (QED) is 0.558. The Bertz CT molecular complexity index is 861. The molecule has 1 N–H and O–H groups in total. The largest absolute Gasteiger partial charge is 0.347 e. The summed E-state index contributed by atoms with van der Waals surface area (Å²) in [5.41, 5.74) is -0.422. The van der Waals surface area contributed by atoms with Crippen molar-refractivity contribution in [1.29, 1.82) is 0 Å². The maximum atomic E-state index is 13.8. The summed E-state index contributed by atoms with van der Waals surface area (Å²) in [6, 6.07) is 3.29. The average Bonchev–Trinajstić information content (AvgIpc) is 3.46. The van der Waals surface area contributed by atoms with Crippen molar-refractivity contribution in [3.05, 3.63) is 46.6 Å². The van der Waals surface area contributed by atoms with Crippen molar-refractivity contribution in [2.24, 2.45) is 0 Å². The highest BCUT2D eigenvalue weighted by molar-refractivity contribution is 6.29. The Labute approximate surface area is 159 Å². The monoisotopic (exact) mass is 398 g/mol. The molecule has 9 heteroatoms. The van der Waals surface area contributed by atoms with Gasteiger partial charge in [-0.2, -0.15) is 0 Å². The third-order valence-electron chi connectivity index (χ3n) is 4.10. The predicted octanol–water partition coefficient (Wildman–Crippen LogP) is 4.28. The minimum Gasteiger partial charge on any atom is -0.347 e. The van der Waals surface area contributed by atoms with Crippen molar-refractivity contribution >= 4 is 29.0 Å². The normalized spacial score (nSPS) is 13.5. The predicted molar refractivity (Wildman–Crippen MR) is 96.5 cm³/mol. The number of carbonyl (C=O) groups is 1. The molecule has 1 aliphatic carbocycles. The van der Waals surface area contributed by atoms with Crippen LogP contribution in [0.5, 0.6) is 0 Å². The highest BCUT2D eigenvalue weighted by Gasteiger charge is 2.28. The zero-order valence-corrected chi connectivity index (χ0v) is 15.4. The number of hydrogen-bond acceptors (Lipinski definition) is 4. The van der Waals surface area contributed by atoms with Crippen LogP contribution in [0.2, 0.25) is 5.15 Å². The van der Waals surface area contributed by atoms with Crippen LogP contribution in [0.4, 0.5) is 24.7 Å². The van der Waals surface area contributed by atoms with Crippen LogP contribution in [-0.2, 0) is 4.79 Å². The van der Waals surface area contributed by atoms with Gasteiger partial charge in [0.1, 0.15) is 16.8 Å². The fourth-order valence-electron chi connectivity index (χ4n) is 2.64. The molecule has 3 rings (SSSR count). The van der Waals surface area contributed by atoms with Crippen molar-refractivity contribution < 1.29 is 18.0 Å². The van der Waals surface area contributed by atoms with Gasteiger partial charge in [-0.3, -0.25) is 4.79 Å². The summed E-state index contributed by atoms with van der Waals surface area (Å²) in [5, 5.41) is 2.55. The number of nitrogens with one attached hydrogen (secondary N) is 1. The van der Waals surface area contributed by atoms with E-state index in [-0.39, 0.29) is 17.6 Å². The maximum absolute atomic E-state index is 13.8. The highest BCUT2D eigenvalue weighted by Crippen LogP contribution is 2.39. The second-order valence-corrected chi connectivity index (χ2v) is 6.76. The molecule has 0 atom stereocenters. The van der Waals surface area contributed by atoms with Crippen molar-refractivity contribution in [2.45, 2.75) is 32.1 Å². The minimum absolute atomic E-state index is 0.149. The molecule has 27 heavy (non-hydrogen) atoms. The maximum Gasteiger partial charge on any atom is 0.244 e. The molecule has 0 radical (unpaired) electrons. The van der Waals surface area contributed by atoms with Crippen LogP contribution in [0.25, 0.3) is 0 Å². The van der Waals surface area contributed by atoms with Crippen LogP contribution in [0, 0.1) is 17.5 Å². The van der Waals surface area contributed by atoms with Gasteiger partial charge in [0.25, 0.3) is 0 Å². The first-order valence-corrected chi connectivity index (χ1v) is 8.99. The van der Waals surface area contributed by atoms with Gasteiger partial charge in [0.05, 0.1) is 12.2 Å². The van der Waals surface area contributed by atoms with Crippen molar-refractivity contribution in [3.8, 4) is 0 Å². The van der Waals surface area contributed by atoms with Crippen LogP contribution < -0.4 is 10.2 Å². The third kappa shape index (κ3) is 4.68. The Morgan fingerprint density at radius 2 is 2.00 bits per heavy atom. The van der Waals surface area contributed by atoms with Gasteiger partial charge >= 0.3 is 0 Å². The highest BCUT2D eigenvalue weighted by atomic mass is 35.5. The molecule has 1 heterocycles. The number of aromatic nitrogens is 2. The molecule has 0 bridgehead atoms. The lowest BCUT2D eigenvalue weighted by Crippen LogP contribution is -2.35. The Kier molecular flexibility index (Phi) is 5.84. The van der Waals surface area contributed by atoms with Crippen LogP contribution in [-0.4, -0.2) is 29.0 Å². The molecular weight excluding hydrogens is 381 g/mol. The number of benzene rings is 1. The number of amides is 1. The molecule has 0 spiro atoms. The molecule has 0 unspecified atom stereocenters. The summed E-state index contributed by atoms with van der Waals surface area (Å²) in [5.74, 6) is -3.54. The number of nitrogens with zero attached hydrogens (tertiary/aromatic N) is 3. The molecule has 1 fully saturated rings. The van der Waals surface area contributed by atoms with E-state index in [1.54, 1.807) is 11.0 Å². The van der Waals surface area contributed by atoms with E-state index in [2.05, 4.69) is 15.3 Å². The van der Waals surface area contributed by atoms with Gasteiger partial charge in [0.2, 0.25) is 5.91 Å². The van der Waals surface area contributed by atoms with E-state index in [0.29, 0.717) is 18.2 Å². The van der Waals surface area contributed by atoms with Crippen LogP contribution >= 0.6 is 11.6 Å². The van der Waals surface area contributed by atoms with Gasteiger partial charge in [0, 0.05) is 18.5 Å². The third-order valence-corrected chi connectivity index (χ3v) is 4.30. The molecule has 1 saturated carbocycles. The Balaban J connectivity index is 1.76. The zero-order valence-electron chi connectivity index (χ0n) is 14.6. The van der Waals surface area contributed by atoms with Crippen LogP contribution in [0.15, 0.2) is 18.2 Å². The van der Waals surface area contributed by atoms with Crippen molar-refractivity contribution in [3.63, 3.8) is 0 Å². The molecular formula is C18H18ClF3N4O. The second kappa shape index (κ2) is 8.12. The smallest absolute Gasteiger partial charge is 0.244 e. The number of carbonyl (C=O) groups excluding carboxylic acids is 1. The van der Waals surface area contributed by atoms with Gasteiger partial charge in [0.15, 0.2) is 17.5 Å². The summed E-state index contributed by atoms with van der Waals surface area (Å²) in [6.45, 7) is 2.29. The number of rotatable bonds is 7. The fourth-order valence-corrected chi connectivity index (χ4v) is 2.82. The molecule has 1 amide bonds. The van der Waals surface area contributed by atoms with E-state index >= 15 is 0 Å². The van der Waals surface area contributed by atoms with Gasteiger partial charge in [-0.25, -0.2) is 23.1 Å². The number of halogens is 4. The summed E-state index contributed by atoms with van der Waals surface area (Å²) >= 11 is 6.08. The first-order chi connectivity index (χ1) is 12.9. The lowest BCUT2D eigenvalue weighted by molar-refractivity contribution is -0.115. The molecule has 1 aromatic heterocycles. The van der Waals surface area contributed by atoms with Gasteiger partial charge in [-0.05, 0) is 31.4 Å². The van der Waals surface area contributed by atoms with Crippen molar-refractivity contribution in [1.82, 2.24) is 9.97 Å². The Hall–Kier alpha value is -2.35. The Morgan fingerprint density at radius 3 is 2.67 bits per heavy atom. The fraction of sp³-hybridized carbons (Fsp3) is 0.389. The summed E-state index contributed by atoms with van der Waals surface area (Å²) < 4.78 is 40.1. The number of hydrogen-bond donors (Lipinski definition) is 1. The van der Waals surface area contributed by atoms with Crippen LogP contribution in [0.1, 0.15) is 37.9 Å². The lowest BCUT2D eigenvalue weighted by atomic mass is 10.2. The summed E-state index contributed by atoms with van der Waals surface area (Å²) in [6.07, 6.45) is 2.74. The number of anilines is 2. The standard InChI is InChI=1S/C18H18ClF3N4O/c1-2-7-26(14-8-13(19)24-18(25-14)10-3-4-10)9-15(27)23-12-6-5-11(20)16(21)17(12)22/h5-6,8,10H,2-4,7,9H2,1H3,(H,23,27). The van der Waals surface area contributed by atoms with E-state index in [4.69, 9.17) is 11.6 Å². The first kappa shape index (κ1) is 19.4. The molecule has 0 aliphatic heterocycles. The average molecular weight is 399 g/mol. The molecule has 144 valence electrons. The Morgan fingerprint density at radius 1 is 1.26 bits per heavy atom. The molecule has 0 saturated heterocycles. The minimum atomic E-state index is -1.63. The topological polar surface area (TPSA) is 58.1 Å². The first-order valence-electron chi connectivity index (χ1n) is 8.61. The van der Waals surface area contributed by atoms with E-state index in [0.717, 1.165) is 31.4 Å². The van der Waals surface area contributed by atoms with Gasteiger partial charge in [-0.1, -0.05) is 18.5 Å². The molecule has 2 aromatic rings. The second-order valence-electron chi connectivity index (χ2n) is 6.37. The summed E-state index contributed by atoms with van der Waals surface area (Å²) in [7, 11) is 0.